The highest BCUT2D eigenvalue weighted by Gasteiger charge is 2.01. The summed E-state index contributed by atoms with van der Waals surface area (Å²) in [5.74, 6) is 0.204. The van der Waals surface area contributed by atoms with Gasteiger partial charge in [0.15, 0.2) is 0 Å². The van der Waals surface area contributed by atoms with E-state index in [2.05, 4.69) is 5.32 Å². The number of carbonyl (C=O) groups excluding carboxylic acids is 2. The number of rotatable bonds is 6. The summed E-state index contributed by atoms with van der Waals surface area (Å²) in [5.41, 5.74) is 2.20. The molecule has 0 unspecified atom stereocenters. The first-order chi connectivity index (χ1) is 11.3. The van der Waals surface area contributed by atoms with Crippen LogP contribution >= 0.6 is 0 Å². The zero-order chi connectivity index (χ0) is 19.0. The van der Waals surface area contributed by atoms with Gasteiger partial charge in [-0.2, -0.15) is 0 Å². The molecule has 0 aromatic heterocycles. The van der Waals surface area contributed by atoms with Crippen LogP contribution in [0.25, 0.3) is 0 Å². The molecule has 1 aromatic carbocycles. The van der Waals surface area contributed by atoms with E-state index < -0.39 is 0 Å². The van der Waals surface area contributed by atoms with E-state index in [1.807, 2.05) is 77.9 Å². The lowest BCUT2D eigenvalue weighted by Crippen LogP contribution is -2.31. The highest BCUT2D eigenvalue weighted by atomic mass is 16.5. The zero-order valence-corrected chi connectivity index (χ0v) is 16.3. The number of benzene rings is 1. The van der Waals surface area contributed by atoms with Crippen molar-refractivity contribution < 1.29 is 14.3 Å². The molecule has 5 heteroatoms. The lowest BCUT2D eigenvalue weighted by molar-refractivity contribution is -0.110. The molecule has 0 spiro atoms. The largest absolute Gasteiger partial charge is 0.445 e. The van der Waals surface area contributed by atoms with Crippen molar-refractivity contribution in [1.82, 2.24) is 10.2 Å². The zero-order valence-electron chi connectivity index (χ0n) is 16.3. The van der Waals surface area contributed by atoms with Gasteiger partial charge in [-0.1, -0.05) is 57.5 Å². The smallest absolute Gasteiger partial charge is 0.407 e. The Kier molecular flexibility index (Phi) is 16.2. The summed E-state index contributed by atoms with van der Waals surface area (Å²) in [5, 5.41) is 2.69. The molecule has 1 rings (SSSR count). The van der Waals surface area contributed by atoms with Crippen LogP contribution in [0, 0.1) is 12.8 Å². The SMILES string of the molecule is CC.CC(C)C=O.Cc1ccc(COC(=O)NCCN(C)C)cc1. The van der Waals surface area contributed by atoms with Crippen LogP contribution in [-0.2, 0) is 16.1 Å². The topological polar surface area (TPSA) is 58.6 Å². The summed E-state index contributed by atoms with van der Waals surface area (Å²) < 4.78 is 5.08. The van der Waals surface area contributed by atoms with Crippen molar-refractivity contribution in [1.29, 1.82) is 0 Å². The van der Waals surface area contributed by atoms with Crippen LogP contribution in [0.2, 0.25) is 0 Å². The van der Waals surface area contributed by atoms with Crippen molar-refractivity contribution in [2.45, 2.75) is 41.2 Å². The van der Waals surface area contributed by atoms with Gasteiger partial charge in [-0.05, 0) is 26.6 Å². The number of ether oxygens (including phenoxy) is 1. The normalized spacial score (nSPS) is 9.38. The van der Waals surface area contributed by atoms with Gasteiger partial charge in [0.1, 0.15) is 12.9 Å². The number of hydrogen-bond acceptors (Lipinski definition) is 4. The lowest BCUT2D eigenvalue weighted by Gasteiger charge is -2.10. The minimum absolute atomic E-state index is 0.204. The predicted octanol–water partition coefficient (Wildman–Crippen LogP) is 3.65. The van der Waals surface area contributed by atoms with Gasteiger partial charge in [0.25, 0.3) is 0 Å². The molecule has 0 heterocycles. The Balaban J connectivity index is 0. The van der Waals surface area contributed by atoms with Crippen LogP contribution in [-0.4, -0.2) is 44.5 Å². The molecule has 1 amide bonds. The summed E-state index contributed by atoms with van der Waals surface area (Å²) in [6.45, 7) is 11.5. The standard InChI is InChI=1S/C13H20N2O2.C4H8O.C2H6/c1-11-4-6-12(7-5-11)10-17-13(16)14-8-9-15(2)3;1-4(2)3-5;1-2/h4-7H,8-10H2,1-3H3,(H,14,16);3-4H,1-2H3;1-2H3. The van der Waals surface area contributed by atoms with E-state index in [1.54, 1.807) is 0 Å². The van der Waals surface area contributed by atoms with Crippen LogP contribution in [0.3, 0.4) is 0 Å². The first kappa shape index (κ1) is 24.4. The van der Waals surface area contributed by atoms with Gasteiger partial charge in [0.2, 0.25) is 0 Å². The van der Waals surface area contributed by atoms with Crippen LogP contribution < -0.4 is 5.32 Å². The molecule has 0 aliphatic carbocycles. The third kappa shape index (κ3) is 16.5. The molecule has 138 valence electrons. The Morgan fingerprint density at radius 3 is 2.12 bits per heavy atom. The van der Waals surface area contributed by atoms with E-state index in [0.29, 0.717) is 13.2 Å². The fraction of sp³-hybridized carbons (Fsp3) is 0.579. The van der Waals surface area contributed by atoms with Crippen LogP contribution in [0.15, 0.2) is 24.3 Å². The first-order valence-electron chi connectivity index (χ1n) is 8.41. The summed E-state index contributed by atoms with van der Waals surface area (Å²) in [4.78, 5) is 22.8. The number of likely N-dealkylation sites (N-methyl/N-ethyl adjacent to an activating group) is 1. The number of amides is 1. The molecule has 24 heavy (non-hydrogen) atoms. The van der Waals surface area contributed by atoms with Gasteiger partial charge >= 0.3 is 6.09 Å². The van der Waals surface area contributed by atoms with Crippen molar-refractivity contribution in [3.8, 4) is 0 Å². The summed E-state index contributed by atoms with van der Waals surface area (Å²) in [6.07, 6.45) is 0.549. The van der Waals surface area contributed by atoms with E-state index in [0.717, 1.165) is 18.4 Å². The molecule has 0 radical (unpaired) electrons. The third-order valence-electron chi connectivity index (χ3n) is 2.59. The second-order valence-electron chi connectivity index (χ2n) is 5.67. The average Bonchev–Trinajstić information content (AvgIpc) is 2.56. The average molecular weight is 338 g/mol. The maximum Gasteiger partial charge on any atom is 0.407 e. The van der Waals surface area contributed by atoms with Gasteiger partial charge in [0, 0.05) is 19.0 Å². The minimum Gasteiger partial charge on any atom is -0.445 e. The summed E-state index contributed by atoms with van der Waals surface area (Å²) in [6, 6.07) is 7.93. The molecule has 0 saturated heterocycles. The predicted molar refractivity (Wildman–Crippen MR) is 100 cm³/mol. The molecule has 0 atom stereocenters. The van der Waals surface area contributed by atoms with Crippen molar-refractivity contribution in [3.05, 3.63) is 35.4 Å². The number of aldehydes is 1. The van der Waals surface area contributed by atoms with E-state index in [4.69, 9.17) is 4.74 Å². The number of carbonyl (C=O) groups is 2. The highest BCUT2D eigenvalue weighted by Crippen LogP contribution is 2.04. The number of nitrogens with zero attached hydrogens (tertiary/aromatic N) is 1. The quantitative estimate of drug-likeness (QED) is 0.804. The van der Waals surface area contributed by atoms with Crippen LogP contribution in [0.1, 0.15) is 38.8 Å². The van der Waals surface area contributed by atoms with E-state index >= 15 is 0 Å². The lowest BCUT2D eigenvalue weighted by atomic mass is 10.2. The van der Waals surface area contributed by atoms with Crippen molar-refractivity contribution in [3.63, 3.8) is 0 Å². The van der Waals surface area contributed by atoms with Gasteiger partial charge in [-0.3, -0.25) is 0 Å². The molecular formula is C19H34N2O3. The number of aryl methyl sites for hydroxylation is 1. The molecule has 0 aliphatic heterocycles. The molecular weight excluding hydrogens is 304 g/mol. The summed E-state index contributed by atoms with van der Waals surface area (Å²) in [7, 11) is 3.92. The second-order valence-corrected chi connectivity index (χ2v) is 5.67. The molecule has 1 aromatic rings. The fourth-order valence-corrected chi connectivity index (χ4v) is 1.27. The van der Waals surface area contributed by atoms with Crippen molar-refractivity contribution >= 4 is 12.4 Å². The minimum atomic E-state index is -0.368. The monoisotopic (exact) mass is 338 g/mol. The fourth-order valence-electron chi connectivity index (χ4n) is 1.27. The van der Waals surface area contributed by atoms with Gasteiger partial charge < -0.3 is 19.7 Å². The number of alkyl carbamates (subject to hydrolysis) is 1. The first-order valence-corrected chi connectivity index (χ1v) is 8.41. The highest BCUT2D eigenvalue weighted by molar-refractivity contribution is 5.67. The maximum absolute atomic E-state index is 11.3. The summed E-state index contributed by atoms with van der Waals surface area (Å²) >= 11 is 0. The molecule has 1 N–H and O–H groups in total. The van der Waals surface area contributed by atoms with Gasteiger partial charge in [0.05, 0.1) is 0 Å². The Morgan fingerprint density at radius 2 is 1.71 bits per heavy atom. The molecule has 0 bridgehead atoms. The Hall–Kier alpha value is -1.88. The van der Waals surface area contributed by atoms with Gasteiger partial charge in [-0.25, -0.2) is 4.79 Å². The van der Waals surface area contributed by atoms with Gasteiger partial charge in [-0.15, -0.1) is 0 Å². The van der Waals surface area contributed by atoms with E-state index in [9.17, 15) is 9.59 Å². The van der Waals surface area contributed by atoms with Crippen molar-refractivity contribution in [2.75, 3.05) is 27.2 Å². The van der Waals surface area contributed by atoms with Crippen LogP contribution in [0.5, 0.6) is 0 Å². The molecule has 0 aliphatic rings. The van der Waals surface area contributed by atoms with E-state index in [-0.39, 0.29) is 12.0 Å². The maximum atomic E-state index is 11.3. The molecule has 5 nitrogen and oxygen atoms in total. The molecule has 0 fully saturated rings. The number of nitrogens with one attached hydrogen (secondary N) is 1. The van der Waals surface area contributed by atoms with Crippen molar-refractivity contribution in [2.24, 2.45) is 5.92 Å². The Bertz CT molecular complexity index is 429. The van der Waals surface area contributed by atoms with E-state index in [1.165, 1.54) is 5.56 Å². The van der Waals surface area contributed by atoms with Crippen LogP contribution in [0.4, 0.5) is 4.79 Å². The Morgan fingerprint density at radius 1 is 1.21 bits per heavy atom. The third-order valence-corrected chi connectivity index (χ3v) is 2.59. The Labute approximate surface area is 147 Å². The second kappa shape index (κ2) is 16.0. The number of hydrogen-bond donors (Lipinski definition) is 1. The molecule has 0 saturated carbocycles.